The molecule has 0 radical (unpaired) electrons. The van der Waals surface area contributed by atoms with Crippen LogP contribution in [0.3, 0.4) is 0 Å². The molecule has 0 aromatic heterocycles. The fourth-order valence-corrected chi connectivity index (χ4v) is 4.04. The highest BCUT2D eigenvalue weighted by Crippen LogP contribution is 2.49. The molecule has 1 aromatic rings. The average molecular weight is 294 g/mol. The molecule has 0 aliphatic heterocycles. The maximum atomic E-state index is 6.56. The molecule has 1 fully saturated rings. The highest BCUT2D eigenvalue weighted by atomic mass is 35.5. The molecule has 1 saturated carbocycles. The van der Waals surface area contributed by atoms with Gasteiger partial charge in [-0.15, -0.1) is 0 Å². The second-order valence-electron chi connectivity index (χ2n) is 6.98. The second-order valence-corrected chi connectivity index (χ2v) is 7.39. The van der Waals surface area contributed by atoms with E-state index in [0.29, 0.717) is 17.4 Å². The molecule has 1 nitrogen and oxygen atoms in total. The molecule has 2 unspecified atom stereocenters. The van der Waals surface area contributed by atoms with Gasteiger partial charge in [0.2, 0.25) is 0 Å². The van der Waals surface area contributed by atoms with Gasteiger partial charge in [0.1, 0.15) is 0 Å². The Morgan fingerprint density at radius 1 is 1.30 bits per heavy atom. The third-order valence-corrected chi connectivity index (χ3v) is 5.44. The molecule has 0 amide bonds. The van der Waals surface area contributed by atoms with Crippen molar-refractivity contribution < 1.29 is 0 Å². The maximum Gasteiger partial charge on any atom is 0.0456 e. The summed E-state index contributed by atoms with van der Waals surface area (Å²) in [7, 11) is 0. The molecule has 0 spiro atoms. The quantitative estimate of drug-likeness (QED) is 0.780. The zero-order chi connectivity index (χ0) is 14.9. The number of rotatable bonds is 4. The Bertz CT molecular complexity index is 479. The molecule has 20 heavy (non-hydrogen) atoms. The molecular weight excluding hydrogens is 266 g/mol. The Morgan fingerprint density at radius 2 is 1.95 bits per heavy atom. The van der Waals surface area contributed by atoms with Gasteiger partial charge in [-0.3, -0.25) is 0 Å². The van der Waals surface area contributed by atoms with E-state index >= 15 is 0 Å². The summed E-state index contributed by atoms with van der Waals surface area (Å²) in [6, 6.07) is 4.79. The van der Waals surface area contributed by atoms with E-state index in [1.165, 1.54) is 36.0 Å². The van der Waals surface area contributed by atoms with Crippen LogP contribution in [0, 0.1) is 25.2 Å². The minimum atomic E-state index is 0.379. The molecule has 1 aromatic carbocycles. The van der Waals surface area contributed by atoms with Crippen LogP contribution < -0.4 is 5.32 Å². The predicted octanol–water partition coefficient (Wildman–Crippen LogP) is 5.43. The van der Waals surface area contributed by atoms with Crippen molar-refractivity contribution in [2.45, 2.75) is 59.9 Å². The van der Waals surface area contributed by atoms with Crippen LogP contribution in [0.25, 0.3) is 0 Å². The van der Waals surface area contributed by atoms with Crippen LogP contribution in [0.1, 0.15) is 62.8 Å². The van der Waals surface area contributed by atoms with E-state index in [0.717, 1.165) is 11.6 Å². The molecule has 2 heteroatoms. The summed E-state index contributed by atoms with van der Waals surface area (Å²) in [5.74, 6) is 0.669. The van der Waals surface area contributed by atoms with Gasteiger partial charge >= 0.3 is 0 Å². The van der Waals surface area contributed by atoms with Crippen molar-refractivity contribution in [3.8, 4) is 0 Å². The summed E-state index contributed by atoms with van der Waals surface area (Å²) in [5, 5.41) is 4.62. The van der Waals surface area contributed by atoms with E-state index < -0.39 is 0 Å². The lowest BCUT2D eigenvalue weighted by atomic mass is 9.75. The number of hydrogen-bond donors (Lipinski definition) is 1. The second kappa shape index (κ2) is 6.07. The lowest BCUT2D eigenvalue weighted by Crippen LogP contribution is -2.34. The highest BCUT2D eigenvalue weighted by Gasteiger charge is 2.40. The Kier molecular flexibility index (Phi) is 4.81. The lowest BCUT2D eigenvalue weighted by Gasteiger charge is -2.35. The largest absolute Gasteiger partial charge is 0.310 e. The first-order valence-electron chi connectivity index (χ1n) is 7.87. The number of halogens is 1. The SMILES string of the molecule is CCNC(c1cc(C)c(C)cc1Cl)C1CCCC1(C)C. The summed E-state index contributed by atoms with van der Waals surface area (Å²) in [6.07, 6.45) is 3.96. The summed E-state index contributed by atoms with van der Waals surface area (Å²) < 4.78 is 0. The van der Waals surface area contributed by atoms with Gasteiger partial charge in [0.05, 0.1) is 0 Å². The third kappa shape index (κ3) is 3.04. The fraction of sp³-hybridized carbons (Fsp3) is 0.667. The van der Waals surface area contributed by atoms with Gasteiger partial charge in [0.25, 0.3) is 0 Å². The first-order valence-corrected chi connectivity index (χ1v) is 8.24. The van der Waals surface area contributed by atoms with Gasteiger partial charge < -0.3 is 5.32 Å². The molecule has 1 aliphatic rings. The van der Waals surface area contributed by atoms with Gasteiger partial charge in [0.15, 0.2) is 0 Å². The molecule has 0 saturated heterocycles. The van der Waals surface area contributed by atoms with E-state index in [9.17, 15) is 0 Å². The van der Waals surface area contributed by atoms with Crippen LogP contribution in [0.4, 0.5) is 0 Å². The van der Waals surface area contributed by atoms with Crippen LogP contribution in [-0.2, 0) is 0 Å². The molecular formula is C18H28ClN. The molecule has 0 heterocycles. The van der Waals surface area contributed by atoms with Crippen molar-refractivity contribution in [1.29, 1.82) is 0 Å². The van der Waals surface area contributed by atoms with Crippen LogP contribution in [-0.4, -0.2) is 6.54 Å². The molecule has 2 atom stereocenters. The Balaban J connectivity index is 2.41. The number of hydrogen-bond acceptors (Lipinski definition) is 1. The van der Waals surface area contributed by atoms with Crippen molar-refractivity contribution >= 4 is 11.6 Å². The van der Waals surface area contributed by atoms with Crippen LogP contribution in [0.15, 0.2) is 12.1 Å². The van der Waals surface area contributed by atoms with E-state index in [1.807, 2.05) is 0 Å². The van der Waals surface area contributed by atoms with E-state index in [-0.39, 0.29) is 0 Å². The summed E-state index contributed by atoms with van der Waals surface area (Å²) in [4.78, 5) is 0. The summed E-state index contributed by atoms with van der Waals surface area (Å²) in [5.41, 5.74) is 4.30. The van der Waals surface area contributed by atoms with Crippen LogP contribution in [0.2, 0.25) is 5.02 Å². The summed E-state index contributed by atoms with van der Waals surface area (Å²) >= 11 is 6.56. The van der Waals surface area contributed by atoms with E-state index in [1.54, 1.807) is 0 Å². The lowest BCUT2D eigenvalue weighted by molar-refractivity contribution is 0.199. The standard InChI is InChI=1S/C18H28ClN/c1-6-20-17(15-8-7-9-18(15,4)5)14-10-12(2)13(3)11-16(14)19/h10-11,15,17,20H,6-9H2,1-5H3. The zero-order valence-corrected chi connectivity index (χ0v) is 14.3. The van der Waals surface area contributed by atoms with Crippen molar-refractivity contribution in [2.24, 2.45) is 11.3 Å². The molecule has 0 bridgehead atoms. The minimum Gasteiger partial charge on any atom is -0.310 e. The summed E-state index contributed by atoms with van der Waals surface area (Å²) in [6.45, 7) is 12.3. The average Bonchev–Trinajstić information content (AvgIpc) is 2.71. The van der Waals surface area contributed by atoms with Crippen molar-refractivity contribution in [2.75, 3.05) is 6.54 Å². The monoisotopic (exact) mass is 293 g/mol. The predicted molar refractivity (Wildman–Crippen MR) is 88.5 cm³/mol. The van der Waals surface area contributed by atoms with Gasteiger partial charge in [0, 0.05) is 11.1 Å². The molecule has 2 rings (SSSR count). The minimum absolute atomic E-state index is 0.379. The van der Waals surface area contributed by atoms with Crippen molar-refractivity contribution in [1.82, 2.24) is 5.32 Å². The number of aryl methyl sites for hydroxylation is 2. The normalized spacial score (nSPS) is 23.0. The molecule has 1 N–H and O–H groups in total. The van der Waals surface area contributed by atoms with Gasteiger partial charge in [-0.25, -0.2) is 0 Å². The first kappa shape index (κ1) is 15.9. The Hall–Kier alpha value is -0.530. The highest BCUT2D eigenvalue weighted by molar-refractivity contribution is 6.31. The van der Waals surface area contributed by atoms with Crippen molar-refractivity contribution in [3.63, 3.8) is 0 Å². The Labute approximate surface area is 129 Å². The number of benzene rings is 1. The number of nitrogens with one attached hydrogen (secondary N) is 1. The topological polar surface area (TPSA) is 12.0 Å². The molecule has 112 valence electrons. The smallest absolute Gasteiger partial charge is 0.0456 e. The zero-order valence-electron chi connectivity index (χ0n) is 13.5. The van der Waals surface area contributed by atoms with Gasteiger partial charge in [-0.05, 0) is 67.3 Å². The molecule has 1 aliphatic carbocycles. The van der Waals surface area contributed by atoms with Crippen molar-refractivity contribution in [3.05, 3.63) is 33.8 Å². The van der Waals surface area contributed by atoms with Crippen LogP contribution in [0.5, 0.6) is 0 Å². The van der Waals surface area contributed by atoms with Gasteiger partial charge in [-0.1, -0.05) is 44.9 Å². The Morgan fingerprint density at radius 3 is 2.50 bits per heavy atom. The van der Waals surface area contributed by atoms with Gasteiger partial charge in [-0.2, -0.15) is 0 Å². The fourth-order valence-electron chi connectivity index (χ4n) is 3.70. The maximum absolute atomic E-state index is 6.56. The third-order valence-electron chi connectivity index (χ3n) is 5.11. The van der Waals surface area contributed by atoms with E-state index in [4.69, 9.17) is 11.6 Å². The van der Waals surface area contributed by atoms with Crippen LogP contribution >= 0.6 is 11.6 Å². The van der Waals surface area contributed by atoms with E-state index in [2.05, 4.69) is 52.1 Å². The first-order chi connectivity index (χ1) is 9.36.